The smallest absolute Gasteiger partial charge is 0.234 e. The third-order valence-corrected chi connectivity index (χ3v) is 4.77. The highest BCUT2D eigenvalue weighted by atomic mass is 32.2. The number of anilines is 1. The van der Waals surface area contributed by atoms with Gasteiger partial charge < -0.3 is 9.88 Å². The van der Waals surface area contributed by atoms with Gasteiger partial charge in [0.1, 0.15) is 6.33 Å². The molecule has 0 bridgehead atoms. The van der Waals surface area contributed by atoms with E-state index in [1.165, 1.54) is 29.3 Å². The number of benzene rings is 1. The van der Waals surface area contributed by atoms with Gasteiger partial charge >= 0.3 is 0 Å². The van der Waals surface area contributed by atoms with Crippen molar-refractivity contribution in [2.45, 2.75) is 44.3 Å². The van der Waals surface area contributed by atoms with Gasteiger partial charge in [-0.05, 0) is 56.4 Å². The highest BCUT2D eigenvalue weighted by Gasteiger charge is 2.13. The van der Waals surface area contributed by atoms with Crippen molar-refractivity contribution in [3.63, 3.8) is 0 Å². The van der Waals surface area contributed by atoms with E-state index in [2.05, 4.69) is 41.5 Å². The molecule has 0 aliphatic heterocycles. The first kappa shape index (κ1) is 15.1. The quantitative estimate of drug-likeness (QED) is 0.861. The molecular formula is C16H20N4OS. The summed E-state index contributed by atoms with van der Waals surface area (Å²) in [5, 5.41) is 11.7. The summed E-state index contributed by atoms with van der Waals surface area (Å²) in [4.78, 5) is 12.1. The maximum atomic E-state index is 12.1. The highest BCUT2D eigenvalue weighted by Crippen LogP contribution is 2.25. The molecule has 0 unspecified atom stereocenters. The standard InChI is InChI=1S/C16H20N4OS/c1-11(2)20-10-17-19-16(20)22-9-15(21)18-14-7-6-12-4-3-5-13(12)8-14/h6-8,10-11H,3-5,9H2,1-2H3,(H,18,21). The number of thioether (sulfide) groups is 1. The molecule has 116 valence electrons. The van der Waals surface area contributed by atoms with Gasteiger partial charge in [0.2, 0.25) is 5.91 Å². The molecule has 1 aromatic heterocycles. The van der Waals surface area contributed by atoms with E-state index in [0.717, 1.165) is 23.7 Å². The molecule has 1 aromatic carbocycles. The van der Waals surface area contributed by atoms with Gasteiger partial charge in [0, 0.05) is 11.7 Å². The molecule has 0 radical (unpaired) electrons. The number of amides is 1. The molecule has 0 spiro atoms. The van der Waals surface area contributed by atoms with Gasteiger partial charge in [-0.3, -0.25) is 4.79 Å². The summed E-state index contributed by atoms with van der Waals surface area (Å²) in [6.07, 6.45) is 5.19. The Morgan fingerprint density at radius 1 is 1.36 bits per heavy atom. The van der Waals surface area contributed by atoms with Crippen LogP contribution in [0.2, 0.25) is 0 Å². The van der Waals surface area contributed by atoms with Crippen molar-refractivity contribution in [3.8, 4) is 0 Å². The molecule has 0 saturated heterocycles. The minimum atomic E-state index is -0.0127. The van der Waals surface area contributed by atoms with Crippen LogP contribution in [-0.2, 0) is 17.6 Å². The number of hydrogen-bond donors (Lipinski definition) is 1. The molecular weight excluding hydrogens is 296 g/mol. The summed E-state index contributed by atoms with van der Waals surface area (Å²) in [7, 11) is 0. The van der Waals surface area contributed by atoms with Gasteiger partial charge in [-0.1, -0.05) is 17.8 Å². The van der Waals surface area contributed by atoms with Crippen LogP contribution >= 0.6 is 11.8 Å². The number of fused-ring (bicyclic) bond motifs is 1. The fourth-order valence-electron chi connectivity index (χ4n) is 2.67. The van der Waals surface area contributed by atoms with Crippen LogP contribution in [0.1, 0.15) is 37.4 Å². The van der Waals surface area contributed by atoms with Gasteiger partial charge in [-0.2, -0.15) is 0 Å². The second kappa shape index (κ2) is 6.52. The van der Waals surface area contributed by atoms with E-state index < -0.39 is 0 Å². The Bertz CT molecular complexity index is 681. The zero-order valence-corrected chi connectivity index (χ0v) is 13.7. The predicted molar refractivity (Wildman–Crippen MR) is 88.2 cm³/mol. The molecule has 1 aliphatic carbocycles. The number of aryl methyl sites for hydroxylation is 2. The molecule has 3 rings (SSSR count). The Morgan fingerprint density at radius 3 is 3.00 bits per heavy atom. The molecule has 6 heteroatoms. The Morgan fingerprint density at radius 2 is 2.18 bits per heavy atom. The van der Waals surface area contributed by atoms with Crippen LogP contribution in [-0.4, -0.2) is 26.4 Å². The predicted octanol–water partition coefficient (Wildman–Crippen LogP) is 3.08. The van der Waals surface area contributed by atoms with Gasteiger partial charge in [-0.15, -0.1) is 10.2 Å². The lowest BCUT2D eigenvalue weighted by Crippen LogP contribution is -2.15. The number of nitrogens with zero attached hydrogens (tertiary/aromatic N) is 3. The van der Waals surface area contributed by atoms with Gasteiger partial charge in [-0.25, -0.2) is 0 Å². The normalized spacial score (nSPS) is 13.4. The molecule has 1 N–H and O–H groups in total. The first-order valence-corrected chi connectivity index (χ1v) is 8.56. The minimum Gasteiger partial charge on any atom is -0.325 e. The molecule has 1 aliphatic rings. The third kappa shape index (κ3) is 3.32. The number of aromatic nitrogens is 3. The molecule has 0 saturated carbocycles. The average Bonchev–Trinajstić information content (AvgIpc) is 3.13. The van der Waals surface area contributed by atoms with Crippen LogP contribution in [0.25, 0.3) is 0 Å². The Balaban J connectivity index is 1.57. The van der Waals surface area contributed by atoms with Crippen LogP contribution in [0.15, 0.2) is 29.7 Å². The largest absolute Gasteiger partial charge is 0.325 e. The summed E-state index contributed by atoms with van der Waals surface area (Å²) in [6, 6.07) is 6.50. The van der Waals surface area contributed by atoms with E-state index in [1.807, 2.05) is 10.6 Å². The van der Waals surface area contributed by atoms with E-state index in [4.69, 9.17) is 0 Å². The van der Waals surface area contributed by atoms with Crippen molar-refractivity contribution in [2.75, 3.05) is 11.1 Å². The Kier molecular flexibility index (Phi) is 4.47. The third-order valence-electron chi connectivity index (χ3n) is 3.81. The number of carbonyl (C=O) groups is 1. The number of nitrogens with one attached hydrogen (secondary N) is 1. The maximum Gasteiger partial charge on any atom is 0.234 e. The minimum absolute atomic E-state index is 0.0127. The van der Waals surface area contributed by atoms with Crippen LogP contribution in [0.4, 0.5) is 5.69 Å². The van der Waals surface area contributed by atoms with Gasteiger partial charge in [0.25, 0.3) is 0 Å². The number of carbonyl (C=O) groups excluding carboxylic acids is 1. The summed E-state index contributed by atoms with van der Waals surface area (Å²) >= 11 is 1.41. The number of rotatable bonds is 5. The lowest BCUT2D eigenvalue weighted by Gasteiger charge is -2.10. The Hall–Kier alpha value is -1.82. The maximum absolute atomic E-state index is 12.1. The topological polar surface area (TPSA) is 59.8 Å². The zero-order chi connectivity index (χ0) is 15.5. The van der Waals surface area contributed by atoms with Crippen LogP contribution < -0.4 is 5.32 Å². The van der Waals surface area contributed by atoms with Crippen LogP contribution in [0.5, 0.6) is 0 Å². The van der Waals surface area contributed by atoms with E-state index in [9.17, 15) is 4.79 Å². The van der Waals surface area contributed by atoms with E-state index in [0.29, 0.717) is 5.75 Å². The van der Waals surface area contributed by atoms with Crippen LogP contribution in [0, 0.1) is 0 Å². The fourth-order valence-corrected chi connectivity index (χ4v) is 3.51. The molecule has 22 heavy (non-hydrogen) atoms. The SMILES string of the molecule is CC(C)n1cnnc1SCC(=O)Nc1ccc2c(c1)CCC2. The van der Waals surface area contributed by atoms with Crippen molar-refractivity contribution in [1.29, 1.82) is 0 Å². The molecule has 2 aromatic rings. The lowest BCUT2D eigenvalue weighted by molar-refractivity contribution is -0.113. The first-order chi connectivity index (χ1) is 10.6. The first-order valence-electron chi connectivity index (χ1n) is 7.57. The van der Waals surface area contributed by atoms with Crippen molar-refractivity contribution >= 4 is 23.4 Å². The second-order valence-electron chi connectivity index (χ2n) is 5.79. The summed E-state index contributed by atoms with van der Waals surface area (Å²) < 4.78 is 1.97. The van der Waals surface area contributed by atoms with Gasteiger partial charge in [0.05, 0.1) is 5.75 Å². The zero-order valence-electron chi connectivity index (χ0n) is 12.9. The second-order valence-corrected chi connectivity index (χ2v) is 6.73. The summed E-state index contributed by atoms with van der Waals surface area (Å²) in [5.41, 5.74) is 3.67. The lowest BCUT2D eigenvalue weighted by atomic mass is 10.1. The van der Waals surface area contributed by atoms with Crippen molar-refractivity contribution in [2.24, 2.45) is 0 Å². The number of hydrogen-bond acceptors (Lipinski definition) is 4. The molecule has 1 heterocycles. The van der Waals surface area contributed by atoms with E-state index >= 15 is 0 Å². The fraction of sp³-hybridized carbons (Fsp3) is 0.438. The molecule has 1 amide bonds. The van der Waals surface area contributed by atoms with Crippen molar-refractivity contribution in [3.05, 3.63) is 35.7 Å². The molecule has 0 fully saturated rings. The van der Waals surface area contributed by atoms with Crippen molar-refractivity contribution < 1.29 is 4.79 Å². The molecule has 5 nitrogen and oxygen atoms in total. The monoisotopic (exact) mass is 316 g/mol. The summed E-state index contributed by atoms with van der Waals surface area (Å²) in [6.45, 7) is 4.13. The average molecular weight is 316 g/mol. The van der Waals surface area contributed by atoms with E-state index in [1.54, 1.807) is 6.33 Å². The summed E-state index contributed by atoms with van der Waals surface area (Å²) in [5.74, 6) is 0.323. The molecule has 0 atom stereocenters. The van der Waals surface area contributed by atoms with E-state index in [-0.39, 0.29) is 11.9 Å². The Labute approximate surface area is 134 Å². The van der Waals surface area contributed by atoms with Gasteiger partial charge in [0.15, 0.2) is 5.16 Å². The van der Waals surface area contributed by atoms with Crippen molar-refractivity contribution in [1.82, 2.24) is 14.8 Å². The van der Waals surface area contributed by atoms with Crippen LogP contribution in [0.3, 0.4) is 0 Å². The highest BCUT2D eigenvalue weighted by molar-refractivity contribution is 7.99.